The second-order valence-electron chi connectivity index (χ2n) is 7.42. The molecule has 8 heteroatoms. The molecule has 0 radical (unpaired) electrons. The average Bonchev–Trinajstić information content (AvgIpc) is 3.30. The number of carbonyl (C=O) groups excluding carboxylic acids is 1. The Morgan fingerprint density at radius 1 is 1.39 bits per heavy atom. The molecule has 2 N–H and O–H groups in total. The van der Waals surface area contributed by atoms with Crippen LogP contribution in [0.25, 0.3) is 10.9 Å². The molecular weight excluding hydrogens is 361 g/mol. The normalized spacial score (nSPS) is 25.1. The van der Waals surface area contributed by atoms with Gasteiger partial charge in [-0.05, 0) is 30.7 Å². The molecule has 4 rings (SSSR count). The third-order valence-corrected chi connectivity index (χ3v) is 5.46. The van der Waals surface area contributed by atoms with Crippen molar-refractivity contribution in [3.63, 3.8) is 0 Å². The van der Waals surface area contributed by atoms with E-state index in [1.807, 2.05) is 29.2 Å². The standard InChI is InChI=1S/C20H22FN5O2/c21-13-8-15(9-22)26(10-13)19(28)12-25-7-5-14(11-25)24-17-3-4-18(27)20-16(17)2-1-6-23-20/h1-4,6,13-15,24,27H,5,7-8,10-12H2/t13-,14-,15-/m0/s1. The van der Waals surface area contributed by atoms with Crippen molar-refractivity contribution in [3.8, 4) is 11.8 Å². The Morgan fingerprint density at radius 2 is 2.25 bits per heavy atom. The monoisotopic (exact) mass is 383 g/mol. The Hall–Kier alpha value is -2.92. The van der Waals surface area contributed by atoms with Gasteiger partial charge in [0, 0.05) is 42.8 Å². The van der Waals surface area contributed by atoms with E-state index in [-0.39, 0.29) is 37.2 Å². The predicted octanol–water partition coefficient (Wildman–Crippen LogP) is 1.89. The highest BCUT2D eigenvalue weighted by molar-refractivity contribution is 5.95. The van der Waals surface area contributed by atoms with Crippen LogP contribution in [0.3, 0.4) is 0 Å². The lowest BCUT2D eigenvalue weighted by atomic mass is 10.1. The van der Waals surface area contributed by atoms with Crippen molar-refractivity contribution in [2.45, 2.75) is 31.1 Å². The number of phenols is 1. The summed E-state index contributed by atoms with van der Waals surface area (Å²) >= 11 is 0. The Labute approximate surface area is 162 Å². The smallest absolute Gasteiger partial charge is 0.237 e. The summed E-state index contributed by atoms with van der Waals surface area (Å²) in [6, 6.07) is 8.70. The molecule has 1 aromatic heterocycles. The van der Waals surface area contributed by atoms with Gasteiger partial charge in [0.1, 0.15) is 23.5 Å². The first-order chi connectivity index (χ1) is 13.5. The minimum absolute atomic E-state index is 0.0130. The number of likely N-dealkylation sites (tertiary alicyclic amines) is 2. The maximum Gasteiger partial charge on any atom is 0.237 e. The van der Waals surface area contributed by atoms with E-state index in [2.05, 4.69) is 10.3 Å². The maximum atomic E-state index is 13.6. The van der Waals surface area contributed by atoms with Gasteiger partial charge in [0.05, 0.1) is 19.2 Å². The molecule has 0 spiro atoms. The molecule has 0 bridgehead atoms. The topological polar surface area (TPSA) is 92.5 Å². The van der Waals surface area contributed by atoms with Crippen molar-refractivity contribution >= 4 is 22.5 Å². The van der Waals surface area contributed by atoms with Gasteiger partial charge >= 0.3 is 0 Å². The lowest BCUT2D eigenvalue weighted by Crippen LogP contribution is -2.42. The summed E-state index contributed by atoms with van der Waals surface area (Å²) in [4.78, 5) is 20.1. The fraction of sp³-hybridized carbons (Fsp3) is 0.450. The molecule has 28 heavy (non-hydrogen) atoms. The average molecular weight is 383 g/mol. The van der Waals surface area contributed by atoms with E-state index in [0.717, 1.165) is 24.0 Å². The van der Waals surface area contributed by atoms with E-state index in [4.69, 9.17) is 5.26 Å². The Bertz CT molecular complexity index is 930. The van der Waals surface area contributed by atoms with Crippen molar-refractivity contribution < 1.29 is 14.3 Å². The third kappa shape index (κ3) is 3.58. The summed E-state index contributed by atoms with van der Waals surface area (Å²) in [5.74, 6) is -0.0461. The number of aromatic nitrogens is 1. The number of pyridine rings is 1. The van der Waals surface area contributed by atoms with Gasteiger partial charge in [-0.25, -0.2) is 4.39 Å². The van der Waals surface area contributed by atoms with Gasteiger partial charge in [0.15, 0.2) is 0 Å². The van der Waals surface area contributed by atoms with Crippen molar-refractivity contribution in [2.75, 3.05) is 31.5 Å². The number of nitrogens with zero attached hydrogens (tertiary/aromatic N) is 4. The number of alkyl halides is 1. The lowest BCUT2D eigenvalue weighted by Gasteiger charge is -2.23. The van der Waals surface area contributed by atoms with Crippen LogP contribution in [0.1, 0.15) is 12.8 Å². The summed E-state index contributed by atoms with van der Waals surface area (Å²) < 4.78 is 13.6. The van der Waals surface area contributed by atoms with Crippen LogP contribution in [0.15, 0.2) is 30.5 Å². The van der Waals surface area contributed by atoms with Gasteiger partial charge in [-0.3, -0.25) is 14.7 Å². The van der Waals surface area contributed by atoms with Crippen LogP contribution < -0.4 is 5.32 Å². The van der Waals surface area contributed by atoms with E-state index in [1.54, 1.807) is 12.3 Å². The molecule has 3 atom stereocenters. The third-order valence-electron chi connectivity index (χ3n) is 5.46. The van der Waals surface area contributed by atoms with Gasteiger partial charge in [-0.1, -0.05) is 0 Å². The van der Waals surface area contributed by atoms with E-state index < -0.39 is 12.2 Å². The molecular formula is C20H22FN5O2. The molecule has 2 aliphatic heterocycles. The summed E-state index contributed by atoms with van der Waals surface area (Å²) in [5.41, 5.74) is 1.44. The van der Waals surface area contributed by atoms with Crippen LogP contribution >= 0.6 is 0 Å². The van der Waals surface area contributed by atoms with Gasteiger partial charge in [0.2, 0.25) is 5.91 Å². The zero-order valence-corrected chi connectivity index (χ0v) is 15.4. The Balaban J connectivity index is 1.38. The fourth-order valence-corrected chi connectivity index (χ4v) is 4.06. The number of halogens is 1. The van der Waals surface area contributed by atoms with Crippen molar-refractivity contribution in [3.05, 3.63) is 30.5 Å². The molecule has 0 unspecified atom stereocenters. The first kappa shape index (κ1) is 18.4. The number of nitrogens with one attached hydrogen (secondary N) is 1. The first-order valence-electron chi connectivity index (χ1n) is 9.44. The number of benzene rings is 1. The number of carbonyl (C=O) groups is 1. The number of anilines is 1. The van der Waals surface area contributed by atoms with E-state index in [1.165, 1.54) is 4.90 Å². The highest BCUT2D eigenvalue weighted by atomic mass is 19.1. The van der Waals surface area contributed by atoms with E-state index >= 15 is 0 Å². The predicted molar refractivity (Wildman–Crippen MR) is 103 cm³/mol. The first-order valence-corrected chi connectivity index (χ1v) is 9.44. The SMILES string of the molecule is N#C[C@@H]1C[C@H](F)CN1C(=O)CN1CC[C@H](Nc2ccc(O)c3ncccc23)C1. The number of aromatic hydroxyl groups is 1. The lowest BCUT2D eigenvalue weighted by molar-refractivity contribution is -0.132. The number of phenolic OH excluding ortho intramolecular Hbond substituents is 1. The largest absolute Gasteiger partial charge is 0.506 e. The van der Waals surface area contributed by atoms with Crippen LogP contribution in [-0.4, -0.2) is 70.2 Å². The minimum Gasteiger partial charge on any atom is -0.506 e. The zero-order valence-electron chi connectivity index (χ0n) is 15.4. The number of nitriles is 1. The number of rotatable bonds is 4. The van der Waals surface area contributed by atoms with Gasteiger partial charge in [0.25, 0.3) is 0 Å². The zero-order chi connectivity index (χ0) is 19.7. The van der Waals surface area contributed by atoms with Crippen molar-refractivity contribution in [1.82, 2.24) is 14.8 Å². The summed E-state index contributed by atoms with van der Waals surface area (Å²) in [6.07, 6.45) is 1.50. The summed E-state index contributed by atoms with van der Waals surface area (Å²) in [5, 5.41) is 23.4. The van der Waals surface area contributed by atoms with Crippen molar-refractivity contribution in [2.24, 2.45) is 0 Å². The van der Waals surface area contributed by atoms with Crippen LogP contribution in [-0.2, 0) is 4.79 Å². The van der Waals surface area contributed by atoms with Gasteiger partial charge in [-0.15, -0.1) is 0 Å². The maximum absolute atomic E-state index is 13.6. The van der Waals surface area contributed by atoms with Crippen LogP contribution in [0.5, 0.6) is 5.75 Å². The molecule has 2 fully saturated rings. The molecule has 2 saturated heterocycles. The number of amides is 1. The quantitative estimate of drug-likeness (QED) is 0.784. The Kier molecular flexibility index (Phi) is 5.01. The molecule has 1 amide bonds. The van der Waals surface area contributed by atoms with E-state index in [0.29, 0.717) is 12.1 Å². The number of hydrogen-bond acceptors (Lipinski definition) is 6. The van der Waals surface area contributed by atoms with Crippen LogP contribution in [0, 0.1) is 11.3 Å². The number of hydrogen-bond donors (Lipinski definition) is 2. The molecule has 1 aromatic carbocycles. The second-order valence-corrected chi connectivity index (χ2v) is 7.42. The van der Waals surface area contributed by atoms with Crippen molar-refractivity contribution in [1.29, 1.82) is 5.26 Å². The fourth-order valence-electron chi connectivity index (χ4n) is 4.06. The van der Waals surface area contributed by atoms with Gasteiger partial charge < -0.3 is 15.3 Å². The molecule has 2 aliphatic rings. The van der Waals surface area contributed by atoms with Crippen LogP contribution in [0.4, 0.5) is 10.1 Å². The summed E-state index contributed by atoms with van der Waals surface area (Å²) in [7, 11) is 0. The molecule has 146 valence electrons. The van der Waals surface area contributed by atoms with E-state index in [9.17, 15) is 14.3 Å². The second kappa shape index (κ2) is 7.60. The molecule has 7 nitrogen and oxygen atoms in total. The van der Waals surface area contributed by atoms with Crippen LogP contribution in [0.2, 0.25) is 0 Å². The molecule has 2 aromatic rings. The highest BCUT2D eigenvalue weighted by Crippen LogP contribution is 2.30. The minimum atomic E-state index is -1.11. The molecule has 0 aliphatic carbocycles. The Morgan fingerprint density at radius 3 is 3.07 bits per heavy atom. The molecule has 0 saturated carbocycles. The molecule has 3 heterocycles. The van der Waals surface area contributed by atoms with Gasteiger partial charge in [-0.2, -0.15) is 5.26 Å². The highest BCUT2D eigenvalue weighted by Gasteiger charge is 2.36. The number of fused-ring (bicyclic) bond motifs is 1. The summed E-state index contributed by atoms with van der Waals surface area (Å²) in [6.45, 7) is 1.64.